The van der Waals surface area contributed by atoms with Gasteiger partial charge in [0.2, 0.25) is 0 Å². The Labute approximate surface area is 125 Å². The van der Waals surface area contributed by atoms with Gasteiger partial charge in [0.15, 0.2) is 0 Å². The molecule has 2 amide bonds. The molecule has 2 aliphatic rings. The highest BCUT2D eigenvalue weighted by atomic mass is 16.5. The van der Waals surface area contributed by atoms with E-state index in [-0.39, 0.29) is 18.1 Å². The van der Waals surface area contributed by atoms with Crippen LogP contribution in [0.25, 0.3) is 0 Å². The number of rotatable bonds is 5. The van der Waals surface area contributed by atoms with Crippen LogP contribution in [0, 0.1) is 11.8 Å². The highest BCUT2D eigenvalue weighted by molar-refractivity contribution is 5.76. The predicted octanol–water partition coefficient (Wildman–Crippen LogP) is 0.0692. The maximum absolute atomic E-state index is 12.0. The van der Waals surface area contributed by atoms with Gasteiger partial charge in [-0.05, 0) is 6.54 Å². The molecule has 2 heterocycles. The largest absolute Gasteiger partial charge is 0.481 e. The lowest BCUT2D eigenvalue weighted by Crippen LogP contribution is -2.58. The van der Waals surface area contributed by atoms with Gasteiger partial charge in [0.25, 0.3) is 0 Å². The Balaban J connectivity index is 1.66. The Morgan fingerprint density at radius 1 is 1.38 bits per heavy atom. The molecule has 0 spiro atoms. The van der Waals surface area contributed by atoms with Crippen LogP contribution in [0.3, 0.4) is 0 Å². The molecule has 0 aromatic carbocycles. The van der Waals surface area contributed by atoms with Gasteiger partial charge in [-0.2, -0.15) is 0 Å². The molecule has 7 heteroatoms. The van der Waals surface area contributed by atoms with Crippen molar-refractivity contribution in [1.29, 1.82) is 0 Å². The number of likely N-dealkylation sites (tertiary alicyclic amines) is 1. The normalized spacial score (nSPS) is 25.2. The van der Waals surface area contributed by atoms with Gasteiger partial charge >= 0.3 is 12.0 Å². The fourth-order valence-corrected chi connectivity index (χ4v) is 2.70. The van der Waals surface area contributed by atoms with Gasteiger partial charge in [-0.15, -0.1) is 0 Å². The number of carbonyl (C=O) groups is 2. The van der Waals surface area contributed by atoms with E-state index < -0.39 is 11.9 Å². The van der Waals surface area contributed by atoms with E-state index in [2.05, 4.69) is 17.1 Å². The number of urea groups is 1. The fraction of sp³-hybridized carbons (Fsp3) is 0.857. The molecule has 21 heavy (non-hydrogen) atoms. The zero-order valence-electron chi connectivity index (χ0n) is 12.7. The lowest BCUT2D eigenvalue weighted by molar-refractivity contribution is -0.144. The first kappa shape index (κ1) is 16.0. The topological polar surface area (TPSA) is 82.1 Å². The minimum absolute atomic E-state index is 0.0395. The molecule has 0 saturated carbocycles. The summed E-state index contributed by atoms with van der Waals surface area (Å²) in [6, 6.07) is -0.124. The maximum atomic E-state index is 12.0. The molecule has 0 radical (unpaired) electrons. The van der Waals surface area contributed by atoms with E-state index in [9.17, 15) is 9.59 Å². The van der Waals surface area contributed by atoms with Gasteiger partial charge in [0.1, 0.15) is 0 Å². The molecule has 0 bridgehead atoms. The van der Waals surface area contributed by atoms with Crippen molar-refractivity contribution in [3.8, 4) is 0 Å². The number of morpholine rings is 1. The summed E-state index contributed by atoms with van der Waals surface area (Å²) in [6.45, 7) is 8.84. The van der Waals surface area contributed by atoms with Gasteiger partial charge in [-0.25, -0.2) is 4.79 Å². The Bertz CT molecular complexity index is 384. The maximum Gasteiger partial charge on any atom is 0.317 e. The molecule has 2 saturated heterocycles. The van der Waals surface area contributed by atoms with Gasteiger partial charge in [-0.3, -0.25) is 9.69 Å². The molecule has 2 unspecified atom stereocenters. The molecular formula is C14H25N3O4. The number of carboxylic acid groups (broad SMARTS) is 1. The highest BCUT2D eigenvalue weighted by Gasteiger charge is 2.37. The molecule has 0 aromatic heterocycles. The van der Waals surface area contributed by atoms with Gasteiger partial charge in [-0.1, -0.05) is 13.8 Å². The average molecular weight is 299 g/mol. The quantitative estimate of drug-likeness (QED) is 0.751. The van der Waals surface area contributed by atoms with E-state index in [1.165, 1.54) is 0 Å². The van der Waals surface area contributed by atoms with Crippen molar-refractivity contribution in [3.63, 3.8) is 0 Å². The standard InChI is InChI=1S/C14H25N3O4/c1-3-16-4-5-21-12(9-16)6-15-14(20)17-7-11(8-17)10(2)13(18)19/h10-12H,3-9H2,1-2H3,(H,15,20)(H,18,19). The van der Waals surface area contributed by atoms with Crippen molar-refractivity contribution in [2.24, 2.45) is 11.8 Å². The van der Waals surface area contributed by atoms with E-state index in [4.69, 9.17) is 9.84 Å². The first-order chi connectivity index (χ1) is 10.0. The number of ether oxygens (including phenoxy) is 1. The molecule has 120 valence electrons. The smallest absolute Gasteiger partial charge is 0.317 e. The number of hydrogen-bond acceptors (Lipinski definition) is 4. The zero-order valence-corrected chi connectivity index (χ0v) is 12.7. The van der Waals surface area contributed by atoms with Crippen molar-refractivity contribution < 1.29 is 19.4 Å². The van der Waals surface area contributed by atoms with Crippen LogP contribution in [0.1, 0.15) is 13.8 Å². The molecule has 7 nitrogen and oxygen atoms in total. The predicted molar refractivity (Wildman–Crippen MR) is 77.1 cm³/mol. The third-order valence-electron chi connectivity index (χ3n) is 4.44. The minimum Gasteiger partial charge on any atom is -0.481 e. The second-order valence-electron chi connectivity index (χ2n) is 5.86. The van der Waals surface area contributed by atoms with Crippen LogP contribution in [-0.2, 0) is 9.53 Å². The van der Waals surface area contributed by atoms with Crippen LogP contribution in [0.5, 0.6) is 0 Å². The van der Waals surface area contributed by atoms with Gasteiger partial charge in [0.05, 0.1) is 18.6 Å². The molecule has 2 aliphatic heterocycles. The minimum atomic E-state index is -0.796. The lowest BCUT2D eigenvalue weighted by Gasteiger charge is -2.41. The molecule has 2 atom stereocenters. The summed E-state index contributed by atoms with van der Waals surface area (Å²) in [5.41, 5.74) is 0. The summed E-state index contributed by atoms with van der Waals surface area (Å²) in [5.74, 6) is -1.13. The number of aliphatic carboxylic acids is 1. The molecule has 2 N–H and O–H groups in total. The van der Waals surface area contributed by atoms with Crippen LogP contribution < -0.4 is 5.32 Å². The summed E-state index contributed by atoms with van der Waals surface area (Å²) in [5, 5.41) is 11.8. The molecule has 0 aliphatic carbocycles. The number of nitrogens with zero attached hydrogens (tertiary/aromatic N) is 2. The van der Waals surface area contributed by atoms with E-state index in [1.807, 2.05) is 0 Å². The van der Waals surface area contributed by atoms with Crippen LogP contribution in [0.15, 0.2) is 0 Å². The zero-order chi connectivity index (χ0) is 15.4. The van der Waals surface area contributed by atoms with Crippen LogP contribution >= 0.6 is 0 Å². The molecule has 0 aromatic rings. The van der Waals surface area contributed by atoms with Gasteiger partial charge in [0, 0.05) is 38.6 Å². The van der Waals surface area contributed by atoms with Crippen LogP contribution in [-0.4, -0.2) is 78.9 Å². The number of amides is 2. The van der Waals surface area contributed by atoms with Crippen LogP contribution in [0.4, 0.5) is 4.79 Å². The van der Waals surface area contributed by atoms with Crippen molar-refractivity contribution in [3.05, 3.63) is 0 Å². The van der Waals surface area contributed by atoms with E-state index in [1.54, 1.807) is 11.8 Å². The van der Waals surface area contributed by atoms with Crippen molar-refractivity contribution >= 4 is 12.0 Å². The molecule has 2 fully saturated rings. The molecular weight excluding hydrogens is 274 g/mol. The van der Waals surface area contributed by atoms with Crippen molar-refractivity contribution in [2.45, 2.75) is 20.0 Å². The Kier molecular flexibility index (Phi) is 5.41. The Morgan fingerprint density at radius 3 is 2.71 bits per heavy atom. The van der Waals surface area contributed by atoms with Crippen molar-refractivity contribution in [2.75, 3.05) is 45.9 Å². The third kappa shape index (κ3) is 4.07. The number of carbonyl (C=O) groups excluding carboxylic acids is 1. The summed E-state index contributed by atoms with van der Waals surface area (Å²) in [6.07, 6.45) is 0.0395. The average Bonchev–Trinajstić information content (AvgIpc) is 2.43. The second-order valence-corrected chi connectivity index (χ2v) is 5.86. The summed E-state index contributed by atoms with van der Waals surface area (Å²) in [4.78, 5) is 26.8. The van der Waals surface area contributed by atoms with Crippen molar-refractivity contribution in [1.82, 2.24) is 15.1 Å². The number of likely N-dealkylation sites (N-methyl/N-ethyl adjacent to an activating group) is 1. The summed E-state index contributed by atoms with van der Waals surface area (Å²) >= 11 is 0. The first-order valence-electron chi connectivity index (χ1n) is 7.60. The van der Waals surface area contributed by atoms with E-state index in [0.717, 1.165) is 19.6 Å². The SMILES string of the molecule is CCN1CCOC(CNC(=O)N2CC(C(C)C(=O)O)C2)C1. The Hall–Kier alpha value is -1.34. The number of nitrogens with one attached hydrogen (secondary N) is 1. The molecule has 2 rings (SSSR count). The number of hydrogen-bond donors (Lipinski definition) is 2. The highest BCUT2D eigenvalue weighted by Crippen LogP contribution is 2.23. The third-order valence-corrected chi connectivity index (χ3v) is 4.44. The van der Waals surface area contributed by atoms with E-state index in [0.29, 0.717) is 26.2 Å². The Morgan fingerprint density at radius 2 is 2.10 bits per heavy atom. The van der Waals surface area contributed by atoms with Crippen LogP contribution in [0.2, 0.25) is 0 Å². The van der Waals surface area contributed by atoms with Gasteiger partial charge < -0.3 is 20.1 Å². The van der Waals surface area contributed by atoms with E-state index >= 15 is 0 Å². The second kappa shape index (κ2) is 7.09. The summed E-state index contributed by atoms with van der Waals surface area (Å²) in [7, 11) is 0. The lowest BCUT2D eigenvalue weighted by atomic mass is 9.87. The monoisotopic (exact) mass is 299 g/mol. The first-order valence-corrected chi connectivity index (χ1v) is 7.60. The summed E-state index contributed by atoms with van der Waals surface area (Å²) < 4.78 is 5.63. The fourth-order valence-electron chi connectivity index (χ4n) is 2.70. The number of carboxylic acids is 1.